The van der Waals surface area contributed by atoms with Gasteiger partial charge in [-0.1, -0.05) is 6.58 Å². The van der Waals surface area contributed by atoms with E-state index in [-0.39, 0.29) is 0 Å². The maximum absolute atomic E-state index is 6.21. The number of anilines is 7. The van der Waals surface area contributed by atoms with E-state index in [0.717, 1.165) is 39.3 Å². The van der Waals surface area contributed by atoms with E-state index >= 15 is 0 Å². The maximum atomic E-state index is 6.21. The van der Waals surface area contributed by atoms with E-state index in [4.69, 9.17) is 5.73 Å². The van der Waals surface area contributed by atoms with Gasteiger partial charge in [-0.2, -0.15) is 0 Å². The lowest BCUT2D eigenvalue weighted by molar-refractivity contribution is 1.13. The second-order valence-corrected chi connectivity index (χ2v) is 9.06. The largest absolute Gasteiger partial charge is 0.382 e. The molecular weight excluding hydrogens is 474 g/mol. The van der Waals surface area contributed by atoms with Crippen molar-refractivity contribution in [3.63, 3.8) is 0 Å². The molecule has 0 fully saturated rings. The number of hydrogen-bond acceptors (Lipinski definition) is 9. The topological polar surface area (TPSA) is 117 Å². The Kier molecular flexibility index (Phi) is 6.73. The normalized spacial score (nSPS) is 10.7. The minimum absolute atomic E-state index is 0.349. The quantitative estimate of drug-likeness (QED) is 0.204. The minimum Gasteiger partial charge on any atom is -0.382 e. The summed E-state index contributed by atoms with van der Waals surface area (Å²) in [4.78, 5) is 19.8. The van der Waals surface area contributed by atoms with Crippen molar-refractivity contribution in [3.05, 3.63) is 97.2 Å². The second-order valence-electron chi connectivity index (χ2n) is 9.06. The Labute approximate surface area is 221 Å². The average Bonchev–Trinajstić information content (AvgIpc) is 2.90. The lowest BCUT2D eigenvalue weighted by atomic mass is 10.1. The maximum Gasteiger partial charge on any atom is 0.149 e. The van der Waals surface area contributed by atoms with Gasteiger partial charge < -0.3 is 26.6 Å². The monoisotopic (exact) mass is 503 g/mol. The molecule has 38 heavy (non-hydrogen) atoms. The summed E-state index contributed by atoms with van der Waals surface area (Å²) in [6.45, 7) is 6.06. The third-order valence-corrected chi connectivity index (χ3v) is 5.97. The predicted molar refractivity (Wildman–Crippen MR) is 157 cm³/mol. The molecule has 0 aliphatic heterocycles. The number of nitrogen functional groups attached to an aromatic ring is 1. The van der Waals surface area contributed by atoms with Crippen LogP contribution in [0.1, 0.15) is 11.4 Å². The molecule has 5 aromatic rings. The summed E-state index contributed by atoms with van der Waals surface area (Å²) in [5.41, 5.74) is 13.8. The summed E-state index contributed by atoms with van der Waals surface area (Å²) in [6, 6.07) is 19.5. The van der Waals surface area contributed by atoms with Gasteiger partial charge in [0.05, 0.1) is 34.5 Å². The molecule has 5 rings (SSSR count). The van der Waals surface area contributed by atoms with Gasteiger partial charge in [0.25, 0.3) is 0 Å². The first-order valence-corrected chi connectivity index (χ1v) is 12.1. The molecule has 190 valence electrons. The number of nitrogens with one attached hydrogen (secondary N) is 3. The van der Waals surface area contributed by atoms with Gasteiger partial charge in [-0.25, -0.2) is 4.98 Å². The number of aryl methyl sites for hydroxylation is 1. The van der Waals surface area contributed by atoms with E-state index in [0.29, 0.717) is 28.7 Å². The standard InChI is InChI=1S/C29H29N9/c1-18-15-20(11-13-31-18)36-28-10-9-27(29(30)37-28)34-19(2)24-7-5-21(17-33-24)35-26-12-14-32-25-8-6-22(38(3)4)16-23(25)26/h5-17,34H,2H2,1,3-4H3,(H,32,35)(H3,30,31,36,37). The average molecular weight is 504 g/mol. The Balaban J connectivity index is 1.27. The molecule has 4 heterocycles. The highest BCUT2D eigenvalue weighted by atomic mass is 15.1. The first kappa shape index (κ1) is 24.5. The van der Waals surface area contributed by atoms with Crippen molar-refractivity contribution in [1.82, 2.24) is 19.9 Å². The van der Waals surface area contributed by atoms with E-state index < -0.39 is 0 Å². The third kappa shape index (κ3) is 5.46. The van der Waals surface area contributed by atoms with Crippen LogP contribution in [0.25, 0.3) is 16.6 Å². The summed E-state index contributed by atoms with van der Waals surface area (Å²) >= 11 is 0. The smallest absolute Gasteiger partial charge is 0.149 e. The van der Waals surface area contributed by atoms with Gasteiger partial charge in [-0.15, -0.1) is 0 Å². The first-order chi connectivity index (χ1) is 18.4. The van der Waals surface area contributed by atoms with Gasteiger partial charge in [0.2, 0.25) is 0 Å². The van der Waals surface area contributed by atoms with Gasteiger partial charge in [-0.05, 0) is 67.6 Å². The molecule has 0 aliphatic rings. The first-order valence-electron chi connectivity index (χ1n) is 12.1. The van der Waals surface area contributed by atoms with Crippen LogP contribution in [0.5, 0.6) is 0 Å². The molecular formula is C29H29N9. The summed E-state index contributed by atoms with van der Waals surface area (Å²) in [7, 11) is 4.04. The predicted octanol–water partition coefficient (Wildman–Crippen LogP) is 5.95. The number of fused-ring (bicyclic) bond motifs is 1. The highest BCUT2D eigenvalue weighted by molar-refractivity contribution is 5.95. The van der Waals surface area contributed by atoms with Crippen LogP contribution < -0.4 is 26.6 Å². The number of nitrogens with two attached hydrogens (primary N) is 1. The Morgan fingerprint density at radius 2 is 1.68 bits per heavy atom. The molecule has 9 nitrogen and oxygen atoms in total. The van der Waals surface area contributed by atoms with Crippen LogP contribution >= 0.6 is 0 Å². The molecule has 0 spiro atoms. The van der Waals surface area contributed by atoms with Gasteiger partial charge >= 0.3 is 0 Å². The molecule has 0 saturated heterocycles. The fourth-order valence-electron chi connectivity index (χ4n) is 3.97. The molecule has 0 bridgehead atoms. The number of aromatic nitrogens is 4. The summed E-state index contributed by atoms with van der Waals surface area (Å²) in [5.74, 6) is 0.987. The second kappa shape index (κ2) is 10.4. The SMILES string of the molecule is C=C(Nc1ccc(Nc2ccnc(C)c2)nc1N)c1ccc(Nc2ccnc3ccc(N(C)C)cc23)cn1. The lowest BCUT2D eigenvalue weighted by Gasteiger charge is -2.15. The van der Waals surface area contributed by atoms with Gasteiger partial charge in [0.1, 0.15) is 11.6 Å². The fourth-order valence-corrected chi connectivity index (χ4v) is 3.97. The van der Waals surface area contributed by atoms with E-state index in [9.17, 15) is 0 Å². The zero-order valence-corrected chi connectivity index (χ0v) is 21.5. The molecule has 0 radical (unpaired) electrons. The zero-order chi connectivity index (χ0) is 26.6. The van der Waals surface area contributed by atoms with Gasteiger partial charge in [0, 0.05) is 54.6 Å². The Morgan fingerprint density at radius 3 is 2.42 bits per heavy atom. The molecule has 1 aromatic carbocycles. The molecule has 0 unspecified atom stereocenters. The van der Waals surface area contributed by atoms with E-state index in [1.165, 1.54) is 0 Å². The zero-order valence-electron chi connectivity index (χ0n) is 21.5. The summed E-state index contributed by atoms with van der Waals surface area (Å²) in [6.07, 6.45) is 5.31. The van der Waals surface area contributed by atoms with Crippen LogP contribution in [0.2, 0.25) is 0 Å². The van der Waals surface area contributed by atoms with Gasteiger partial charge in [-0.3, -0.25) is 15.0 Å². The molecule has 9 heteroatoms. The van der Waals surface area contributed by atoms with Crippen LogP contribution in [-0.2, 0) is 0 Å². The minimum atomic E-state index is 0.349. The number of nitrogens with zero attached hydrogens (tertiary/aromatic N) is 5. The number of hydrogen-bond donors (Lipinski definition) is 4. The Hall–Kier alpha value is -5.18. The van der Waals surface area contributed by atoms with Gasteiger partial charge in [0.15, 0.2) is 0 Å². The van der Waals surface area contributed by atoms with Crippen LogP contribution in [0.15, 0.2) is 85.8 Å². The highest BCUT2D eigenvalue weighted by Crippen LogP contribution is 2.29. The number of rotatable bonds is 8. The van der Waals surface area contributed by atoms with Crippen molar-refractivity contribution >= 4 is 56.7 Å². The molecule has 4 aromatic heterocycles. The van der Waals surface area contributed by atoms with Crippen LogP contribution in [0.4, 0.5) is 40.1 Å². The molecule has 5 N–H and O–H groups in total. The highest BCUT2D eigenvalue weighted by Gasteiger charge is 2.09. The molecule has 0 saturated carbocycles. The van der Waals surface area contributed by atoms with Crippen LogP contribution in [-0.4, -0.2) is 34.0 Å². The van der Waals surface area contributed by atoms with Crippen molar-refractivity contribution in [2.75, 3.05) is 40.7 Å². The van der Waals surface area contributed by atoms with Crippen LogP contribution in [0, 0.1) is 6.92 Å². The van der Waals surface area contributed by atoms with Crippen molar-refractivity contribution in [2.45, 2.75) is 6.92 Å². The van der Waals surface area contributed by atoms with E-state index in [1.807, 2.05) is 69.6 Å². The van der Waals surface area contributed by atoms with Crippen molar-refractivity contribution in [3.8, 4) is 0 Å². The number of benzene rings is 1. The summed E-state index contributed by atoms with van der Waals surface area (Å²) in [5, 5.41) is 10.9. The van der Waals surface area contributed by atoms with E-state index in [1.54, 1.807) is 18.6 Å². The molecule has 0 amide bonds. The summed E-state index contributed by atoms with van der Waals surface area (Å²) < 4.78 is 0. The third-order valence-electron chi connectivity index (χ3n) is 5.97. The fraction of sp³-hybridized carbons (Fsp3) is 0.103. The van der Waals surface area contributed by atoms with Crippen molar-refractivity contribution in [2.24, 2.45) is 0 Å². The number of pyridine rings is 4. The molecule has 0 atom stereocenters. The van der Waals surface area contributed by atoms with Crippen LogP contribution in [0.3, 0.4) is 0 Å². The van der Waals surface area contributed by atoms with Crippen molar-refractivity contribution < 1.29 is 0 Å². The molecule has 0 aliphatic carbocycles. The lowest BCUT2D eigenvalue weighted by Crippen LogP contribution is -2.08. The Bertz CT molecular complexity index is 1610. The van der Waals surface area contributed by atoms with Crippen molar-refractivity contribution in [1.29, 1.82) is 0 Å². The Morgan fingerprint density at radius 1 is 0.842 bits per heavy atom. The van der Waals surface area contributed by atoms with E-state index in [2.05, 4.69) is 59.5 Å².